The highest BCUT2D eigenvalue weighted by molar-refractivity contribution is 7.69. The number of hydrogen-bond donors (Lipinski definition) is 0. The molecular formula is C31H45N2P. The van der Waals surface area contributed by atoms with Crippen molar-refractivity contribution in [3.05, 3.63) is 24.3 Å². The average molecular weight is 477 g/mol. The first-order valence-corrected chi connectivity index (χ1v) is 16.2. The van der Waals surface area contributed by atoms with Crippen LogP contribution in [0.25, 0.3) is 0 Å². The molecule has 0 unspecified atom stereocenters. The summed E-state index contributed by atoms with van der Waals surface area (Å²) in [4.78, 5) is 5.34. The largest absolute Gasteiger partial charge is 0.368 e. The lowest BCUT2D eigenvalue weighted by Crippen LogP contribution is -2.58. The molecule has 0 aromatic heterocycles. The zero-order valence-electron chi connectivity index (χ0n) is 21.4. The summed E-state index contributed by atoms with van der Waals surface area (Å²) in [6.07, 6.45) is 19.1. The maximum Gasteiger partial charge on any atom is 0.0445 e. The number of rotatable bonds is 4. The summed E-state index contributed by atoms with van der Waals surface area (Å²) in [7, 11) is 2.19. The second-order valence-electron chi connectivity index (χ2n) is 14.4. The van der Waals surface area contributed by atoms with Crippen molar-refractivity contribution in [1.82, 2.24) is 4.90 Å². The zero-order valence-corrected chi connectivity index (χ0v) is 22.3. The molecule has 2 nitrogen and oxygen atoms in total. The predicted octanol–water partition coefficient (Wildman–Crippen LogP) is 6.48. The Morgan fingerprint density at radius 3 is 1.47 bits per heavy atom. The van der Waals surface area contributed by atoms with E-state index in [0.717, 1.165) is 35.5 Å². The van der Waals surface area contributed by atoms with Gasteiger partial charge in [0, 0.05) is 37.2 Å². The number of likely N-dealkylation sites (N-methyl/N-ethyl adjacent to an activating group) is 1. The molecule has 0 N–H and O–H groups in total. The van der Waals surface area contributed by atoms with Crippen LogP contribution >= 0.6 is 7.92 Å². The van der Waals surface area contributed by atoms with Gasteiger partial charge in [-0.05, 0) is 136 Å². The van der Waals surface area contributed by atoms with E-state index >= 15 is 0 Å². The SMILES string of the molecule is CN1CCN(c2ccccc2P(C23CC4CC(CC(C4)C2)C3)C23CC4CC(CC(C4)C2)C3)CC1. The van der Waals surface area contributed by atoms with E-state index < -0.39 is 0 Å². The molecule has 9 fully saturated rings. The highest BCUT2D eigenvalue weighted by atomic mass is 31.1. The number of hydrogen-bond acceptors (Lipinski definition) is 2. The van der Waals surface area contributed by atoms with E-state index in [2.05, 4.69) is 41.1 Å². The van der Waals surface area contributed by atoms with Crippen LogP contribution < -0.4 is 10.2 Å². The van der Waals surface area contributed by atoms with E-state index in [1.165, 1.54) is 26.2 Å². The number of benzene rings is 1. The van der Waals surface area contributed by atoms with Crippen LogP contribution in [0.5, 0.6) is 0 Å². The van der Waals surface area contributed by atoms with Crippen molar-refractivity contribution in [2.24, 2.45) is 35.5 Å². The van der Waals surface area contributed by atoms with Gasteiger partial charge in [0.2, 0.25) is 0 Å². The molecule has 1 saturated heterocycles. The molecular weight excluding hydrogens is 431 g/mol. The fourth-order valence-corrected chi connectivity index (χ4v) is 17.0. The Labute approximate surface area is 209 Å². The molecule has 3 heteroatoms. The summed E-state index contributed by atoms with van der Waals surface area (Å²) in [5.41, 5.74) is 1.67. The Kier molecular flexibility index (Phi) is 4.87. The summed E-state index contributed by atoms with van der Waals surface area (Å²) in [6.45, 7) is 4.89. The van der Waals surface area contributed by atoms with E-state index in [4.69, 9.17) is 0 Å². The van der Waals surface area contributed by atoms with Gasteiger partial charge < -0.3 is 9.80 Å². The topological polar surface area (TPSA) is 6.48 Å². The Balaban J connectivity index is 1.27. The van der Waals surface area contributed by atoms with E-state index in [-0.39, 0.29) is 7.92 Å². The van der Waals surface area contributed by atoms with Crippen LogP contribution in [-0.2, 0) is 0 Å². The normalized spacial score (nSPS) is 48.0. The van der Waals surface area contributed by atoms with E-state index in [9.17, 15) is 0 Å². The highest BCUT2D eigenvalue weighted by Gasteiger charge is 2.63. The van der Waals surface area contributed by atoms with Crippen molar-refractivity contribution in [3.63, 3.8) is 0 Å². The fourth-order valence-electron chi connectivity index (χ4n) is 11.7. The molecule has 8 aliphatic carbocycles. The van der Waals surface area contributed by atoms with Gasteiger partial charge in [-0.2, -0.15) is 0 Å². The summed E-state index contributed by atoms with van der Waals surface area (Å²) in [6, 6.07) is 10.0. The third kappa shape index (κ3) is 3.26. The fraction of sp³-hybridized carbons (Fsp3) is 0.806. The Hall–Kier alpha value is -0.590. The van der Waals surface area contributed by atoms with E-state index in [1.807, 2.05) is 5.30 Å². The quantitative estimate of drug-likeness (QED) is 0.459. The van der Waals surface area contributed by atoms with Crippen LogP contribution in [0.3, 0.4) is 0 Å². The standard InChI is InChI=1S/C31H45N2P/c1-32-6-8-33(9-7-32)28-4-2-3-5-29(28)34(30-16-22-10-23(17-30)12-24(11-22)18-30)31-19-25-13-26(20-31)15-27(14-25)21-31/h2-5,22-27H,6-21H2,1H3. The molecule has 1 aliphatic heterocycles. The third-order valence-electron chi connectivity index (χ3n) is 11.9. The Morgan fingerprint density at radius 1 is 0.618 bits per heavy atom. The summed E-state index contributed by atoms with van der Waals surface area (Å²) < 4.78 is 0. The predicted molar refractivity (Wildman–Crippen MR) is 145 cm³/mol. The molecule has 9 aliphatic rings. The maximum absolute atomic E-state index is 2.81. The van der Waals surface area contributed by atoms with Crippen molar-refractivity contribution in [2.45, 2.75) is 87.4 Å². The lowest BCUT2D eigenvalue weighted by atomic mass is 9.55. The van der Waals surface area contributed by atoms with Crippen LogP contribution in [0.4, 0.5) is 5.69 Å². The number of nitrogens with zero attached hydrogens (tertiary/aromatic N) is 2. The molecule has 10 rings (SSSR count). The monoisotopic (exact) mass is 476 g/mol. The van der Waals surface area contributed by atoms with Gasteiger partial charge in [-0.1, -0.05) is 26.1 Å². The van der Waals surface area contributed by atoms with E-state index in [1.54, 1.807) is 82.7 Å². The minimum Gasteiger partial charge on any atom is -0.368 e. The first-order chi connectivity index (χ1) is 16.6. The lowest BCUT2D eigenvalue weighted by Gasteiger charge is -2.67. The van der Waals surface area contributed by atoms with E-state index in [0.29, 0.717) is 10.3 Å². The minimum absolute atomic E-state index is 0.116. The van der Waals surface area contributed by atoms with Gasteiger partial charge in [0.25, 0.3) is 0 Å². The molecule has 8 bridgehead atoms. The molecule has 1 aromatic rings. The van der Waals surface area contributed by atoms with Gasteiger partial charge in [-0.25, -0.2) is 0 Å². The van der Waals surface area contributed by atoms with Gasteiger partial charge in [0.15, 0.2) is 0 Å². The van der Waals surface area contributed by atoms with Crippen molar-refractivity contribution in [1.29, 1.82) is 0 Å². The van der Waals surface area contributed by atoms with Gasteiger partial charge >= 0.3 is 0 Å². The van der Waals surface area contributed by atoms with Crippen LogP contribution in [0, 0.1) is 35.5 Å². The molecule has 1 aromatic carbocycles. The summed E-state index contributed by atoms with van der Waals surface area (Å²) in [5, 5.41) is 3.24. The molecule has 184 valence electrons. The molecule has 0 atom stereocenters. The Bertz CT molecular complexity index is 832. The molecule has 0 spiro atoms. The van der Waals surface area contributed by atoms with Crippen molar-refractivity contribution >= 4 is 18.9 Å². The van der Waals surface area contributed by atoms with Gasteiger partial charge in [0.1, 0.15) is 0 Å². The summed E-state index contributed by atoms with van der Waals surface area (Å²) >= 11 is 0. The van der Waals surface area contributed by atoms with Crippen molar-refractivity contribution < 1.29 is 0 Å². The maximum atomic E-state index is 2.81. The number of anilines is 1. The van der Waals surface area contributed by atoms with Crippen LogP contribution in [0.1, 0.15) is 77.0 Å². The highest BCUT2D eigenvalue weighted by Crippen LogP contribution is 2.78. The molecule has 8 saturated carbocycles. The molecule has 34 heavy (non-hydrogen) atoms. The second-order valence-corrected chi connectivity index (χ2v) is 17.4. The van der Waals surface area contributed by atoms with Crippen molar-refractivity contribution in [2.75, 3.05) is 38.1 Å². The van der Waals surface area contributed by atoms with Crippen LogP contribution in [0.15, 0.2) is 24.3 Å². The zero-order chi connectivity index (χ0) is 22.5. The van der Waals surface area contributed by atoms with Gasteiger partial charge in [0.05, 0.1) is 0 Å². The van der Waals surface area contributed by atoms with Crippen molar-refractivity contribution in [3.8, 4) is 0 Å². The lowest BCUT2D eigenvalue weighted by molar-refractivity contribution is 0.0195. The molecule has 0 amide bonds. The number of para-hydroxylation sites is 1. The minimum atomic E-state index is -0.116. The molecule has 0 radical (unpaired) electrons. The summed E-state index contributed by atoms with van der Waals surface area (Å²) in [5.74, 6) is 6.42. The first kappa shape index (κ1) is 21.5. The van der Waals surface area contributed by atoms with Crippen LogP contribution in [-0.4, -0.2) is 48.4 Å². The third-order valence-corrected chi connectivity index (χ3v) is 15.8. The Morgan fingerprint density at radius 2 is 1.03 bits per heavy atom. The van der Waals surface area contributed by atoms with Crippen LogP contribution in [0.2, 0.25) is 0 Å². The first-order valence-electron chi connectivity index (χ1n) is 14.9. The molecule has 1 heterocycles. The van der Waals surface area contributed by atoms with Gasteiger partial charge in [-0.3, -0.25) is 0 Å². The van der Waals surface area contributed by atoms with Gasteiger partial charge in [-0.15, -0.1) is 0 Å². The number of piperazine rings is 1. The average Bonchev–Trinajstić information content (AvgIpc) is 2.78. The second kappa shape index (κ2) is 7.71. The smallest absolute Gasteiger partial charge is 0.0445 e.